The molecule has 2 N–H and O–H groups in total. The zero-order valence-electron chi connectivity index (χ0n) is 15.9. The summed E-state index contributed by atoms with van der Waals surface area (Å²) in [5.74, 6) is -0.0126. The third-order valence-electron chi connectivity index (χ3n) is 4.38. The molecule has 0 bridgehead atoms. The number of carbonyl (C=O) groups is 2. The molecule has 2 amide bonds. The molecule has 3 aromatic rings. The van der Waals surface area contributed by atoms with Crippen LogP contribution in [0, 0.1) is 6.92 Å². The number of amides is 2. The Hall–Kier alpha value is -3.48. The number of anilines is 1. The van der Waals surface area contributed by atoms with Crippen LogP contribution in [0.2, 0.25) is 0 Å². The highest BCUT2D eigenvalue weighted by atomic mass is 16.2. The molecule has 2 aromatic carbocycles. The Morgan fingerprint density at radius 2 is 1.82 bits per heavy atom. The van der Waals surface area contributed by atoms with E-state index in [0.29, 0.717) is 28.8 Å². The Kier molecular flexibility index (Phi) is 5.84. The lowest BCUT2D eigenvalue weighted by molar-refractivity contribution is -0.133. The fourth-order valence-electron chi connectivity index (χ4n) is 2.81. The van der Waals surface area contributed by atoms with Gasteiger partial charge in [-0.2, -0.15) is 0 Å². The van der Waals surface area contributed by atoms with E-state index in [1.165, 1.54) is 4.90 Å². The predicted molar refractivity (Wildman–Crippen MR) is 108 cm³/mol. The SMILES string of the molecule is Cc1ccc(NC(=O)CN(C)C(=O)CCc2nc3ccccc3c(=O)[nH]2)cc1. The van der Waals surface area contributed by atoms with Crippen molar-refractivity contribution in [3.05, 3.63) is 70.3 Å². The maximum absolute atomic E-state index is 12.3. The summed E-state index contributed by atoms with van der Waals surface area (Å²) in [6.45, 7) is 1.92. The number of para-hydroxylation sites is 1. The van der Waals surface area contributed by atoms with Gasteiger partial charge in [-0.25, -0.2) is 4.98 Å². The average Bonchev–Trinajstić information content (AvgIpc) is 2.68. The first-order valence-corrected chi connectivity index (χ1v) is 9.01. The van der Waals surface area contributed by atoms with Gasteiger partial charge in [-0.1, -0.05) is 29.8 Å². The summed E-state index contributed by atoms with van der Waals surface area (Å²) in [6, 6.07) is 14.5. The van der Waals surface area contributed by atoms with Crippen molar-refractivity contribution in [3.63, 3.8) is 0 Å². The largest absolute Gasteiger partial charge is 0.336 e. The lowest BCUT2D eigenvalue weighted by Gasteiger charge is -2.16. The van der Waals surface area contributed by atoms with E-state index in [1.54, 1.807) is 25.2 Å². The smallest absolute Gasteiger partial charge is 0.258 e. The highest BCUT2D eigenvalue weighted by molar-refractivity contribution is 5.94. The van der Waals surface area contributed by atoms with E-state index < -0.39 is 0 Å². The average molecular weight is 378 g/mol. The number of hydrogen-bond donors (Lipinski definition) is 2. The third kappa shape index (κ3) is 4.82. The molecule has 144 valence electrons. The van der Waals surface area contributed by atoms with Gasteiger partial charge >= 0.3 is 0 Å². The normalized spacial score (nSPS) is 10.6. The van der Waals surface area contributed by atoms with Gasteiger partial charge < -0.3 is 15.2 Å². The molecule has 1 aromatic heterocycles. The Morgan fingerprint density at radius 3 is 2.57 bits per heavy atom. The minimum atomic E-state index is -0.267. The molecule has 0 aliphatic heterocycles. The number of carbonyl (C=O) groups excluding carboxylic acids is 2. The topological polar surface area (TPSA) is 95.2 Å². The van der Waals surface area contributed by atoms with Gasteiger partial charge in [0.2, 0.25) is 11.8 Å². The summed E-state index contributed by atoms with van der Waals surface area (Å²) in [6.07, 6.45) is 0.443. The molecule has 0 saturated heterocycles. The van der Waals surface area contributed by atoms with Crippen molar-refractivity contribution in [2.75, 3.05) is 18.9 Å². The van der Waals surface area contributed by atoms with E-state index >= 15 is 0 Å². The molecule has 0 aliphatic carbocycles. The molecule has 0 atom stereocenters. The van der Waals surface area contributed by atoms with Gasteiger partial charge in [-0.05, 0) is 31.2 Å². The lowest BCUT2D eigenvalue weighted by atomic mass is 10.2. The first kappa shape index (κ1) is 19.3. The van der Waals surface area contributed by atoms with Crippen LogP contribution in [0.1, 0.15) is 17.8 Å². The van der Waals surface area contributed by atoms with E-state index in [4.69, 9.17) is 0 Å². The number of rotatable bonds is 6. The fraction of sp³-hybridized carbons (Fsp3) is 0.238. The standard InChI is InChI=1S/C21H22N4O3/c1-14-7-9-15(10-8-14)22-19(26)13-25(2)20(27)12-11-18-23-17-6-4-3-5-16(17)21(28)24-18/h3-10H,11-13H2,1-2H3,(H,22,26)(H,23,24,28). The molecule has 0 aliphatic rings. The first-order chi connectivity index (χ1) is 13.4. The van der Waals surface area contributed by atoms with Crippen molar-refractivity contribution in [1.82, 2.24) is 14.9 Å². The lowest BCUT2D eigenvalue weighted by Crippen LogP contribution is -2.35. The van der Waals surface area contributed by atoms with Gasteiger partial charge in [0.25, 0.3) is 5.56 Å². The molecule has 7 nitrogen and oxygen atoms in total. The van der Waals surface area contributed by atoms with Crippen LogP contribution in [-0.2, 0) is 16.0 Å². The fourth-order valence-corrected chi connectivity index (χ4v) is 2.81. The van der Waals surface area contributed by atoms with Crippen molar-refractivity contribution in [1.29, 1.82) is 0 Å². The molecule has 0 saturated carbocycles. The van der Waals surface area contributed by atoms with Crippen LogP contribution in [0.4, 0.5) is 5.69 Å². The van der Waals surface area contributed by atoms with Crippen LogP contribution in [0.15, 0.2) is 53.3 Å². The van der Waals surface area contributed by atoms with Gasteiger partial charge in [-0.3, -0.25) is 14.4 Å². The second-order valence-corrected chi connectivity index (χ2v) is 6.69. The predicted octanol–water partition coefficient (Wildman–Crippen LogP) is 2.26. The van der Waals surface area contributed by atoms with Crippen LogP contribution in [-0.4, -0.2) is 40.3 Å². The van der Waals surface area contributed by atoms with Crippen LogP contribution in [0.25, 0.3) is 10.9 Å². The number of fused-ring (bicyclic) bond motifs is 1. The Balaban J connectivity index is 1.55. The van der Waals surface area contributed by atoms with Crippen LogP contribution < -0.4 is 10.9 Å². The van der Waals surface area contributed by atoms with Gasteiger partial charge in [-0.15, -0.1) is 0 Å². The van der Waals surface area contributed by atoms with Crippen molar-refractivity contribution in [3.8, 4) is 0 Å². The van der Waals surface area contributed by atoms with E-state index in [2.05, 4.69) is 15.3 Å². The Labute approximate surface area is 162 Å². The number of likely N-dealkylation sites (N-methyl/N-ethyl adjacent to an activating group) is 1. The van der Waals surface area contributed by atoms with E-state index in [1.807, 2.05) is 37.3 Å². The second-order valence-electron chi connectivity index (χ2n) is 6.69. The van der Waals surface area contributed by atoms with Crippen LogP contribution in [0.5, 0.6) is 0 Å². The monoisotopic (exact) mass is 378 g/mol. The van der Waals surface area contributed by atoms with E-state index in [-0.39, 0.29) is 30.3 Å². The molecule has 0 fully saturated rings. The third-order valence-corrected chi connectivity index (χ3v) is 4.38. The molecule has 0 unspecified atom stereocenters. The first-order valence-electron chi connectivity index (χ1n) is 9.01. The summed E-state index contributed by atoms with van der Waals surface area (Å²) in [4.78, 5) is 45.0. The number of aromatic amines is 1. The maximum atomic E-state index is 12.3. The van der Waals surface area contributed by atoms with Crippen LogP contribution >= 0.6 is 0 Å². The number of nitrogens with zero attached hydrogens (tertiary/aromatic N) is 2. The summed E-state index contributed by atoms with van der Waals surface area (Å²) >= 11 is 0. The molecule has 0 radical (unpaired) electrons. The molecular formula is C21H22N4O3. The van der Waals surface area contributed by atoms with Gasteiger partial charge in [0.1, 0.15) is 5.82 Å². The van der Waals surface area contributed by atoms with E-state index in [9.17, 15) is 14.4 Å². The summed E-state index contributed by atoms with van der Waals surface area (Å²) < 4.78 is 0. The number of aryl methyl sites for hydroxylation is 2. The molecule has 7 heteroatoms. The molecule has 1 heterocycles. The number of hydrogen-bond acceptors (Lipinski definition) is 4. The minimum Gasteiger partial charge on any atom is -0.336 e. The highest BCUT2D eigenvalue weighted by Crippen LogP contribution is 2.09. The van der Waals surface area contributed by atoms with Gasteiger partial charge in [0.05, 0.1) is 17.4 Å². The highest BCUT2D eigenvalue weighted by Gasteiger charge is 2.14. The van der Waals surface area contributed by atoms with Gasteiger partial charge in [0.15, 0.2) is 0 Å². The van der Waals surface area contributed by atoms with Crippen molar-refractivity contribution < 1.29 is 9.59 Å². The van der Waals surface area contributed by atoms with Crippen molar-refractivity contribution in [2.45, 2.75) is 19.8 Å². The molecule has 0 spiro atoms. The number of aromatic nitrogens is 2. The Morgan fingerprint density at radius 1 is 1.11 bits per heavy atom. The molecular weight excluding hydrogens is 356 g/mol. The Bertz CT molecular complexity index is 1060. The van der Waals surface area contributed by atoms with E-state index in [0.717, 1.165) is 5.56 Å². The summed E-state index contributed by atoms with van der Waals surface area (Å²) in [5, 5.41) is 3.28. The zero-order chi connectivity index (χ0) is 20.1. The maximum Gasteiger partial charge on any atom is 0.258 e. The number of H-pyrrole nitrogens is 1. The van der Waals surface area contributed by atoms with Crippen molar-refractivity contribution in [2.24, 2.45) is 0 Å². The molecule has 3 rings (SSSR count). The minimum absolute atomic E-state index is 0.0472. The molecule has 28 heavy (non-hydrogen) atoms. The zero-order valence-corrected chi connectivity index (χ0v) is 15.9. The number of benzene rings is 2. The van der Waals surface area contributed by atoms with Gasteiger partial charge in [0, 0.05) is 25.6 Å². The summed E-state index contributed by atoms with van der Waals surface area (Å²) in [5.41, 5.74) is 2.17. The second kappa shape index (κ2) is 8.47. The number of nitrogens with one attached hydrogen (secondary N) is 2. The van der Waals surface area contributed by atoms with Crippen LogP contribution in [0.3, 0.4) is 0 Å². The summed E-state index contributed by atoms with van der Waals surface area (Å²) in [7, 11) is 1.58. The van der Waals surface area contributed by atoms with Crippen molar-refractivity contribution >= 4 is 28.4 Å². The quantitative estimate of drug-likeness (QED) is 0.688.